The summed E-state index contributed by atoms with van der Waals surface area (Å²) in [4.78, 5) is 28.2. The lowest BCUT2D eigenvalue weighted by Crippen LogP contribution is -2.38. The van der Waals surface area contributed by atoms with Gasteiger partial charge in [-0.2, -0.15) is 0 Å². The largest absolute Gasteiger partial charge is 0.354 e. The maximum absolute atomic E-state index is 11.9. The minimum Gasteiger partial charge on any atom is -0.354 e. The molecule has 1 aromatic heterocycles. The van der Waals surface area contributed by atoms with Crippen LogP contribution in [0, 0.1) is 6.92 Å². The molecular formula is C22H23N3O2S. The molecule has 2 amide bonds. The van der Waals surface area contributed by atoms with Crippen molar-refractivity contribution in [2.24, 2.45) is 0 Å². The van der Waals surface area contributed by atoms with E-state index in [1.54, 1.807) is 11.3 Å². The van der Waals surface area contributed by atoms with E-state index in [2.05, 4.69) is 45.3 Å². The van der Waals surface area contributed by atoms with Crippen LogP contribution in [0.3, 0.4) is 0 Å². The predicted octanol–water partition coefficient (Wildman–Crippen LogP) is 3.14. The van der Waals surface area contributed by atoms with Crippen molar-refractivity contribution in [3.8, 4) is 11.3 Å². The molecule has 0 saturated carbocycles. The third kappa shape index (κ3) is 6.03. The van der Waals surface area contributed by atoms with Crippen LogP contribution in [0.4, 0.5) is 0 Å². The number of amides is 2. The molecule has 0 aliphatic rings. The van der Waals surface area contributed by atoms with Crippen molar-refractivity contribution in [2.45, 2.75) is 19.8 Å². The van der Waals surface area contributed by atoms with Gasteiger partial charge >= 0.3 is 0 Å². The molecule has 0 aliphatic carbocycles. The van der Waals surface area contributed by atoms with Gasteiger partial charge in [0.15, 0.2) is 0 Å². The summed E-state index contributed by atoms with van der Waals surface area (Å²) >= 11 is 1.64. The van der Waals surface area contributed by atoms with Crippen LogP contribution in [0.5, 0.6) is 0 Å². The number of carbonyl (C=O) groups is 2. The molecule has 6 heteroatoms. The van der Waals surface area contributed by atoms with Gasteiger partial charge in [-0.25, -0.2) is 4.98 Å². The Hall–Kier alpha value is -2.99. The summed E-state index contributed by atoms with van der Waals surface area (Å²) in [6, 6.07) is 17.7. The molecule has 0 atom stereocenters. The Bertz CT molecular complexity index is 920. The van der Waals surface area contributed by atoms with Gasteiger partial charge < -0.3 is 10.6 Å². The van der Waals surface area contributed by atoms with E-state index in [9.17, 15) is 9.59 Å². The van der Waals surface area contributed by atoms with Gasteiger partial charge in [-0.05, 0) is 24.5 Å². The lowest BCUT2D eigenvalue weighted by molar-refractivity contribution is -0.125. The Morgan fingerprint density at radius 3 is 2.36 bits per heavy atom. The SMILES string of the molecule is Cc1nc(-c2ccc(CCNC(=O)CNC(=O)Cc3ccccc3)cc2)cs1. The quantitative estimate of drug-likeness (QED) is 0.618. The van der Waals surface area contributed by atoms with Crippen molar-refractivity contribution in [1.82, 2.24) is 15.6 Å². The first-order valence-electron chi connectivity index (χ1n) is 9.19. The van der Waals surface area contributed by atoms with Crippen LogP contribution in [-0.4, -0.2) is 29.9 Å². The number of nitrogens with zero attached hydrogens (tertiary/aromatic N) is 1. The molecule has 2 aromatic carbocycles. The Kier molecular flexibility index (Phi) is 6.92. The van der Waals surface area contributed by atoms with Gasteiger partial charge in [0.25, 0.3) is 0 Å². The summed E-state index contributed by atoms with van der Waals surface area (Å²) in [6.45, 7) is 2.52. The summed E-state index contributed by atoms with van der Waals surface area (Å²) in [5, 5.41) is 8.59. The molecule has 28 heavy (non-hydrogen) atoms. The van der Waals surface area contributed by atoms with Gasteiger partial charge in [-0.3, -0.25) is 9.59 Å². The molecule has 144 valence electrons. The topological polar surface area (TPSA) is 71.1 Å². The van der Waals surface area contributed by atoms with Crippen molar-refractivity contribution in [1.29, 1.82) is 0 Å². The van der Waals surface area contributed by atoms with Crippen LogP contribution in [0.1, 0.15) is 16.1 Å². The molecule has 1 heterocycles. The van der Waals surface area contributed by atoms with Crippen LogP contribution in [0.15, 0.2) is 60.0 Å². The molecule has 2 N–H and O–H groups in total. The molecule has 0 spiro atoms. The Morgan fingerprint density at radius 1 is 0.929 bits per heavy atom. The predicted molar refractivity (Wildman–Crippen MR) is 112 cm³/mol. The van der Waals surface area contributed by atoms with E-state index in [0.29, 0.717) is 6.54 Å². The fourth-order valence-corrected chi connectivity index (χ4v) is 3.39. The van der Waals surface area contributed by atoms with E-state index in [1.807, 2.05) is 37.3 Å². The van der Waals surface area contributed by atoms with Crippen molar-refractivity contribution in [2.75, 3.05) is 13.1 Å². The smallest absolute Gasteiger partial charge is 0.239 e. The number of hydrogen-bond acceptors (Lipinski definition) is 4. The number of carbonyl (C=O) groups excluding carboxylic acids is 2. The van der Waals surface area contributed by atoms with E-state index in [-0.39, 0.29) is 24.8 Å². The molecular weight excluding hydrogens is 370 g/mol. The molecule has 0 saturated heterocycles. The van der Waals surface area contributed by atoms with E-state index in [1.165, 1.54) is 0 Å². The highest BCUT2D eigenvalue weighted by molar-refractivity contribution is 7.09. The first kappa shape index (κ1) is 19.8. The highest BCUT2D eigenvalue weighted by Gasteiger charge is 2.07. The van der Waals surface area contributed by atoms with Crippen molar-refractivity contribution >= 4 is 23.2 Å². The second-order valence-corrected chi connectivity index (χ2v) is 7.55. The van der Waals surface area contributed by atoms with Gasteiger partial charge in [0, 0.05) is 17.5 Å². The Balaban J connectivity index is 1.36. The van der Waals surface area contributed by atoms with Gasteiger partial charge in [-0.15, -0.1) is 11.3 Å². The lowest BCUT2D eigenvalue weighted by atomic mass is 10.1. The third-order valence-corrected chi connectivity index (χ3v) is 5.03. The standard InChI is InChI=1S/C22H23N3O2S/c1-16-25-20(15-28-16)19-9-7-17(8-10-19)11-12-23-22(27)14-24-21(26)13-18-5-3-2-4-6-18/h2-10,15H,11-14H2,1H3,(H,23,27)(H,24,26). The number of thiazole rings is 1. The van der Waals surface area contributed by atoms with Crippen LogP contribution in [0.25, 0.3) is 11.3 Å². The molecule has 0 bridgehead atoms. The van der Waals surface area contributed by atoms with Crippen molar-refractivity contribution in [3.05, 3.63) is 76.1 Å². The lowest BCUT2D eigenvalue weighted by Gasteiger charge is -2.08. The average molecular weight is 394 g/mol. The number of nitrogens with one attached hydrogen (secondary N) is 2. The zero-order chi connectivity index (χ0) is 19.8. The van der Waals surface area contributed by atoms with Crippen molar-refractivity contribution in [3.63, 3.8) is 0 Å². The zero-order valence-electron chi connectivity index (χ0n) is 15.8. The second kappa shape index (κ2) is 9.80. The summed E-state index contributed by atoms with van der Waals surface area (Å²) in [5.74, 6) is -0.342. The maximum Gasteiger partial charge on any atom is 0.239 e. The van der Waals surface area contributed by atoms with E-state index in [0.717, 1.165) is 33.8 Å². The van der Waals surface area contributed by atoms with Crippen LogP contribution < -0.4 is 10.6 Å². The molecule has 0 unspecified atom stereocenters. The van der Waals surface area contributed by atoms with Gasteiger partial charge in [0.05, 0.1) is 23.7 Å². The first-order valence-corrected chi connectivity index (χ1v) is 10.1. The fraction of sp³-hybridized carbons (Fsp3) is 0.227. The van der Waals surface area contributed by atoms with Crippen LogP contribution in [-0.2, 0) is 22.4 Å². The molecule has 3 rings (SSSR count). The second-order valence-electron chi connectivity index (χ2n) is 6.49. The maximum atomic E-state index is 11.9. The molecule has 0 aliphatic heterocycles. The highest BCUT2D eigenvalue weighted by atomic mass is 32.1. The fourth-order valence-electron chi connectivity index (χ4n) is 2.77. The average Bonchev–Trinajstić information content (AvgIpc) is 3.14. The number of aryl methyl sites for hydroxylation is 1. The van der Waals surface area contributed by atoms with Gasteiger partial charge in [-0.1, -0.05) is 54.6 Å². The first-order chi connectivity index (χ1) is 13.6. The summed E-state index contributed by atoms with van der Waals surface area (Å²) in [6.07, 6.45) is 1.01. The van der Waals surface area contributed by atoms with Gasteiger partial charge in [0.1, 0.15) is 0 Å². The Morgan fingerprint density at radius 2 is 1.68 bits per heavy atom. The highest BCUT2D eigenvalue weighted by Crippen LogP contribution is 2.21. The number of benzene rings is 2. The molecule has 5 nitrogen and oxygen atoms in total. The number of aromatic nitrogens is 1. The third-order valence-electron chi connectivity index (χ3n) is 4.26. The minimum atomic E-state index is -0.184. The van der Waals surface area contributed by atoms with Crippen molar-refractivity contribution < 1.29 is 9.59 Å². The van der Waals surface area contributed by atoms with Crippen LogP contribution in [0.2, 0.25) is 0 Å². The summed E-state index contributed by atoms with van der Waals surface area (Å²) in [7, 11) is 0. The summed E-state index contributed by atoms with van der Waals surface area (Å²) < 4.78 is 0. The zero-order valence-corrected chi connectivity index (χ0v) is 16.6. The molecule has 0 fully saturated rings. The van der Waals surface area contributed by atoms with E-state index in [4.69, 9.17) is 0 Å². The monoisotopic (exact) mass is 393 g/mol. The summed E-state index contributed by atoms with van der Waals surface area (Å²) in [5.41, 5.74) is 4.16. The number of hydrogen-bond donors (Lipinski definition) is 2. The van der Waals surface area contributed by atoms with E-state index < -0.39 is 0 Å². The minimum absolute atomic E-state index is 0.00617. The normalized spacial score (nSPS) is 10.5. The number of rotatable bonds is 8. The van der Waals surface area contributed by atoms with Gasteiger partial charge in [0.2, 0.25) is 11.8 Å². The van der Waals surface area contributed by atoms with Crippen LogP contribution >= 0.6 is 11.3 Å². The molecule has 0 radical (unpaired) electrons. The molecule has 3 aromatic rings. The Labute approximate surface area is 168 Å². The van der Waals surface area contributed by atoms with E-state index >= 15 is 0 Å².